The van der Waals surface area contributed by atoms with E-state index in [9.17, 15) is 14.0 Å². The zero-order chi connectivity index (χ0) is 25.1. The number of nitrogens with zero attached hydrogens (tertiary/aromatic N) is 3. The molecule has 2 heterocycles. The first-order chi connectivity index (χ1) is 16.8. The van der Waals surface area contributed by atoms with Crippen molar-refractivity contribution in [1.82, 2.24) is 9.99 Å². The second-order valence-corrected chi connectivity index (χ2v) is 8.60. The number of benzene rings is 2. The molecule has 1 aromatic heterocycles. The highest BCUT2D eigenvalue weighted by Crippen LogP contribution is 2.31. The summed E-state index contributed by atoms with van der Waals surface area (Å²) in [6.45, 7) is 0. The molecular formula is C23H18Cl2FN5O3S. The number of hydrazine groups is 1. The fourth-order valence-corrected chi connectivity index (χ4v) is 4.19. The lowest BCUT2D eigenvalue weighted by Gasteiger charge is -2.25. The molecular weight excluding hydrogens is 516 g/mol. The van der Waals surface area contributed by atoms with E-state index in [0.29, 0.717) is 22.1 Å². The maximum atomic E-state index is 13.5. The van der Waals surface area contributed by atoms with Crippen molar-refractivity contribution >= 4 is 69.5 Å². The van der Waals surface area contributed by atoms with Crippen LogP contribution in [0.15, 0.2) is 60.8 Å². The second-order valence-electron chi connectivity index (χ2n) is 7.40. The van der Waals surface area contributed by atoms with Crippen LogP contribution in [0, 0.1) is 5.82 Å². The zero-order valence-electron chi connectivity index (χ0n) is 18.2. The van der Waals surface area contributed by atoms with Crippen molar-refractivity contribution in [2.75, 3.05) is 22.8 Å². The molecule has 0 bridgehead atoms. The molecule has 8 nitrogen and oxygen atoms in total. The number of rotatable bonds is 7. The SMILES string of the molecule is COc1ccc(N2C(=O)[C@H](CC(=O)Nc3ccc(F)cc3)N(Nc3ncc(Cl)cc3Cl)C2=S)cc1. The molecule has 1 aliphatic heterocycles. The Labute approximate surface area is 215 Å². The smallest absolute Gasteiger partial charge is 0.258 e. The molecule has 0 aliphatic carbocycles. The summed E-state index contributed by atoms with van der Waals surface area (Å²) in [5.41, 5.74) is 3.82. The Bertz CT molecular complexity index is 1280. The summed E-state index contributed by atoms with van der Waals surface area (Å²) in [5, 5.41) is 4.63. The van der Waals surface area contributed by atoms with Crippen LogP contribution in [0.3, 0.4) is 0 Å². The molecule has 2 N–H and O–H groups in total. The van der Waals surface area contributed by atoms with Gasteiger partial charge in [-0.15, -0.1) is 0 Å². The van der Waals surface area contributed by atoms with E-state index in [2.05, 4.69) is 15.7 Å². The quantitative estimate of drug-likeness (QED) is 0.418. The molecule has 1 saturated heterocycles. The normalized spacial score (nSPS) is 15.4. The number of thiocarbonyl (C=S) groups is 1. The molecule has 2 amide bonds. The van der Waals surface area contributed by atoms with Gasteiger partial charge >= 0.3 is 0 Å². The number of halogens is 3. The van der Waals surface area contributed by atoms with Gasteiger partial charge in [-0.1, -0.05) is 23.2 Å². The summed E-state index contributed by atoms with van der Waals surface area (Å²) >= 11 is 17.8. The number of methoxy groups -OCH3 is 1. The molecule has 35 heavy (non-hydrogen) atoms. The summed E-state index contributed by atoms with van der Waals surface area (Å²) < 4.78 is 18.4. The molecule has 1 aliphatic rings. The average Bonchev–Trinajstić information content (AvgIpc) is 3.06. The predicted molar refractivity (Wildman–Crippen MR) is 136 cm³/mol. The molecule has 0 radical (unpaired) electrons. The summed E-state index contributed by atoms with van der Waals surface area (Å²) in [6, 6.07) is 12.5. The molecule has 1 atom stereocenters. The Morgan fingerprint density at radius 2 is 1.86 bits per heavy atom. The Balaban J connectivity index is 1.62. The fourth-order valence-electron chi connectivity index (χ4n) is 3.40. The van der Waals surface area contributed by atoms with Gasteiger partial charge in [-0.2, -0.15) is 0 Å². The standard InChI is InChI=1S/C23H18Cl2FN5O3S/c1-34-17-8-6-16(7-9-17)30-22(33)19(11-20(32)28-15-4-2-14(26)3-5-15)31(23(30)35)29-21-18(25)10-13(24)12-27-21/h2-10,12,19H,11H2,1H3,(H,27,29)(H,28,32)/t19-/m0/s1. The predicted octanol–water partition coefficient (Wildman–Crippen LogP) is 4.89. The average molecular weight is 534 g/mol. The topological polar surface area (TPSA) is 86.8 Å². The summed E-state index contributed by atoms with van der Waals surface area (Å²) in [6.07, 6.45) is 1.12. The van der Waals surface area contributed by atoms with Crippen LogP contribution >= 0.6 is 35.4 Å². The van der Waals surface area contributed by atoms with Gasteiger partial charge in [0.1, 0.15) is 17.6 Å². The number of hydrogen-bond donors (Lipinski definition) is 2. The number of carbonyl (C=O) groups excluding carboxylic acids is 2. The van der Waals surface area contributed by atoms with E-state index in [0.717, 1.165) is 0 Å². The Kier molecular flexibility index (Phi) is 7.34. The first kappa shape index (κ1) is 24.6. The Hall–Kier alpha value is -3.47. The van der Waals surface area contributed by atoms with Crippen LogP contribution in [0.1, 0.15) is 6.42 Å². The highest BCUT2D eigenvalue weighted by atomic mass is 35.5. The van der Waals surface area contributed by atoms with Gasteiger partial charge in [-0.3, -0.25) is 19.9 Å². The van der Waals surface area contributed by atoms with Gasteiger partial charge < -0.3 is 10.1 Å². The van der Waals surface area contributed by atoms with Crippen LogP contribution in [0.25, 0.3) is 0 Å². The second kappa shape index (κ2) is 10.4. The summed E-state index contributed by atoms with van der Waals surface area (Å²) in [7, 11) is 1.53. The maximum absolute atomic E-state index is 13.5. The molecule has 2 aromatic carbocycles. The minimum Gasteiger partial charge on any atom is -0.497 e. The van der Waals surface area contributed by atoms with Crippen molar-refractivity contribution in [3.8, 4) is 5.75 Å². The fraction of sp³-hybridized carbons (Fsp3) is 0.130. The molecule has 4 rings (SSSR count). The van der Waals surface area contributed by atoms with E-state index in [1.807, 2.05) is 0 Å². The molecule has 180 valence electrons. The molecule has 3 aromatic rings. The minimum absolute atomic E-state index is 0.0903. The van der Waals surface area contributed by atoms with E-state index in [1.54, 1.807) is 24.3 Å². The zero-order valence-corrected chi connectivity index (χ0v) is 20.5. The third-order valence-corrected chi connectivity index (χ3v) is 5.96. The van der Waals surface area contributed by atoms with Crippen molar-refractivity contribution in [2.45, 2.75) is 12.5 Å². The van der Waals surface area contributed by atoms with Gasteiger partial charge in [0.15, 0.2) is 5.82 Å². The Morgan fingerprint density at radius 3 is 2.49 bits per heavy atom. The van der Waals surface area contributed by atoms with E-state index < -0.39 is 23.7 Å². The summed E-state index contributed by atoms with van der Waals surface area (Å²) in [5.74, 6) is -0.541. The number of anilines is 3. The lowest BCUT2D eigenvalue weighted by molar-refractivity contribution is -0.124. The van der Waals surface area contributed by atoms with Gasteiger partial charge in [0, 0.05) is 11.9 Å². The van der Waals surface area contributed by atoms with Gasteiger partial charge in [-0.25, -0.2) is 14.4 Å². The lowest BCUT2D eigenvalue weighted by Crippen LogP contribution is -2.42. The highest BCUT2D eigenvalue weighted by Gasteiger charge is 2.45. The molecule has 0 saturated carbocycles. The van der Waals surface area contributed by atoms with E-state index in [4.69, 9.17) is 40.2 Å². The van der Waals surface area contributed by atoms with Gasteiger partial charge in [-0.05, 0) is 66.8 Å². The van der Waals surface area contributed by atoms with E-state index >= 15 is 0 Å². The summed E-state index contributed by atoms with van der Waals surface area (Å²) in [4.78, 5) is 31.7. The first-order valence-electron chi connectivity index (χ1n) is 10.2. The van der Waals surface area contributed by atoms with Crippen LogP contribution in [0.2, 0.25) is 10.0 Å². The van der Waals surface area contributed by atoms with Crippen LogP contribution in [-0.4, -0.2) is 40.1 Å². The van der Waals surface area contributed by atoms with Crippen molar-refractivity contribution < 1.29 is 18.7 Å². The number of amides is 2. The number of ether oxygens (including phenoxy) is 1. The third kappa shape index (κ3) is 5.45. The maximum Gasteiger partial charge on any atom is 0.258 e. The highest BCUT2D eigenvalue weighted by molar-refractivity contribution is 7.80. The van der Waals surface area contributed by atoms with Crippen molar-refractivity contribution in [1.29, 1.82) is 0 Å². The van der Waals surface area contributed by atoms with Crippen molar-refractivity contribution in [3.05, 3.63) is 76.7 Å². The minimum atomic E-state index is -1.03. The van der Waals surface area contributed by atoms with Crippen molar-refractivity contribution in [2.24, 2.45) is 0 Å². The molecule has 0 unspecified atom stereocenters. The molecule has 1 fully saturated rings. The number of nitrogens with one attached hydrogen (secondary N) is 2. The first-order valence-corrected chi connectivity index (χ1v) is 11.4. The monoisotopic (exact) mass is 533 g/mol. The number of carbonyl (C=O) groups is 2. The molecule has 0 spiro atoms. The number of hydrogen-bond acceptors (Lipinski definition) is 6. The van der Waals surface area contributed by atoms with Crippen molar-refractivity contribution in [3.63, 3.8) is 0 Å². The lowest BCUT2D eigenvalue weighted by atomic mass is 10.1. The number of aromatic nitrogens is 1. The van der Waals surface area contributed by atoms with Gasteiger partial charge in [0.2, 0.25) is 11.0 Å². The van der Waals surface area contributed by atoms with Gasteiger partial charge in [0.05, 0.1) is 29.3 Å². The largest absolute Gasteiger partial charge is 0.497 e. The number of pyridine rings is 1. The van der Waals surface area contributed by atoms with Crippen LogP contribution in [0.5, 0.6) is 5.75 Å². The van der Waals surface area contributed by atoms with Crippen LogP contribution in [0.4, 0.5) is 21.6 Å². The third-order valence-electron chi connectivity index (χ3n) is 5.09. The van der Waals surface area contributed by atoms with Crippen LogP contribution < -0.4 is 20.4 Å². The van der Waals surface area contributed by atoms with E-state index in [-0.39, 0.29) is 22.4 Å². The van der Waals surface area contributed by atoms with Gasteiger partial charge in [0.25, 0.3) is 5.91 Å². The Morgan fingerprint density at radius 1 is 1.17 bits per heavy atom. The van der Waals surface area contributed by atoms with Crippen LogP contribution in [-0.2, 0) is 9.59 Å². The molecule has 12 heteroatoms. The van der Waals surface area contributed by atoms with E-state index in [1.165, 1.54) is 53.5 Å².